The number of pyridine rings is 1. The topological polar surface area (TPSA) is 51.6 Å². The fourth-order valence-corrected chi connectivity index (χ4v) is 1.90. The number of para-hydroxylation sites is 1. The van der Waals surface area contributed by atoms with E-state index in [9.17, 15) is 5.11 Å². The number of hydrogen-bond donors (Lipinski definition) is 1. The van der Waals surface area contributed by atoms with Gasteiger partial charge in [-0.05, 0) is 32.9 Å². The lowest BCUT2D eigenvalue weighted by molar-refractivity contribution is -0.0161. The monoisotopic (exact) mass is 275 g/mol. The predicted molar refractivity (Wildman–Crippen MR) is 78.9 cm³/mol. The molecule has 0 aliphatic heterocycles. The minimum Gasteiger partial charge on any atom is -0.490 e. The standard InChI is InChI=1S/C16H21NO3/c1-16(2,3)20-9-8-19-15-10-12(11-18)17-14-7-5-4-6-13(14)15/h4-7,10,18H,8-9,11H2,1-3H3. The van der Waals surface area contributed by atoms with Gasteiger partial charge in [0.25, 0.3) is 0 Å². The summed E-state index contributed by atoms with van der Waals surface area (Å²) in [7, 11) is 0. The van der Waals surface area contributed by atoms with Crippen molar-refractivity contribution in [2.45, 2.75) is 33.0 Å². The first-order valence-corrected chi connectivity index (χ1v) is 6.76. The molecule has 0 radical (unpaired) electrons. The van der Waals surface area contributed by atoms with E-state index in [1.807, 2.05) is 45.0 Å². The van der Waals surface area contributed by atoms with E-state index in [0.717, 1.165) is 16.7 Å². The minimum absolute atomic E-state index is 0.0975. The average Bonchev–Trinajstić information content (AvgIpc) is 2.42. The van der Waals surface area contributed by atoms with Crippen LogP contribution in [0, 0.1) is 0 Å². The van der Waals surface area contributed by atoms with Gasteiger partial charge in [-0.1, -0.05) is 12.1 Å². The van der Waals surface area contributed by atoms with Crippen LogP contribution in [-0.4, -0.2) is 28.9 Å². The molecule has 0 saturated carbocycles. The lowest BCUT2D eigenvalue weighted by atomic mass is 10.2. The zero-order valence-corrected chi connectivity index (χ0v) is 12.2. The van der Waals surface area contributed by atoms with Gasteiger partial charge in [0.15, 0.2) is 0 Å². The molecular weight excluding hydrogens is 254 g/mol. The summed E-state index contributed by atoms with van der Waals surface area (Å²) in [5.41, 5.74) is 1.26. The summed E-state index contributed by atoms with van der Waals surface area (Å²) in [5.74, 6) is 0.733. The Morgan fingerprint density at radius 3 is 2.60 bits per heavy atom. The Labute approximate surface area is 119 Å². The Morgan fingerprint density at radius 1 is 1.15 bits per heavy atom. The molecule has 4 nitrogen and oxygen atoms in total. The minimum atomic E-state index is -0.167. The molecule has 4 heteroatoms. The summed E-state index contributed by atoms with van der Waals surface area (Å²) < 4.78 is 11.4. The molecule has 1 aromatic carbocycles. The molecule has 2 aromatic rings. The number of nitrogens with zero attached hydrogens (tertiary/aromatic N) is 1. The van der Waals surface area contributed by atoms with Crippen molar-refractivity contribution in [3.05, 3.63) is 36.0 Å². The number of fused-ring (bicyclic) bond motifs is 1. The average molecular weight is 275 g/mol. The third kappa shape index (κ3) is 3.92. The Morgan fingerprint density at radius 2 is 1.90 bits per heavy atom. The van der Waals surface area contributed by atoms with Gasteiger partial charge < -0.3 is 14.6 Å². The summed E-state index contributed by atoms with van der Waals surface area (Å²) in [4.78, 5) is 4.36. The maximum Gasteiger partial charge on any atom is 0.130 e. The van der Waals surface area contributed by atoms with E-state index < -0.39 is 0 Å². The van der Waals surface area contributed by atoms with Crippen molar-refractivity contribution in [2.24, 2.45) is 0 Å². The van der Waals surface area contributed by atoms with Crippen LogP contribution in [-0.2, 0) is 11.3 Å². The molecule has 0 aliphatic carbocycles. The highest BCUT2D eigenvalue weighted by molar-refractivity contribution is 5.85. The van der Waals surface area contributed by atoms with Crippen LogP contribution in [0.5, 0.6) is 5.75 Å². The van der Waals surface area contributed by atoms with Gasteiger partial charge in [0.05, 0.1) is 30.0 Å². The quantitative estimate of drug-likeness (QED) is 0.852. The number of ether oxygens (including phenoxy) is 2. The first kappa shape index (κ1) is 14.8. The highest BCUT2D eigenvalue weighted by Gasteiger charge is 2.10. The van der Waals surface area contributed by atoms with Crippen molar-refractivity contribution in [3.8, 4) is 5.75 Å². The molecule has 0 bridgehead atoms. The molecule has 108 valence electrons. The molecule has 0 saturated heterocycles. The highest BCUT2D eigenvalue weighted by atomic mass is 16.5. The maximum atomic E-state index is 9.26. The first-order valence-electron chi connectivity index (χ1n) is 6.76. The van der Waals surface area contributed by atoms with Gasteiger partial charge in [0, 0.05) is 11.5 Å². The zero-order valence-electron chi connectivity index (χ0n) is 12.2. The Hall–Kier alpha value is -1.65. The van der Waals surface area contributed by atoms with Crippen LogP contribution in [0.4, 0.5) is 0 Å². The second-order valence-corrected chi connectivity index (χ2v) is 5.60. The van der Waals surface area contributed by atoms with Gasteiger partial charge in [-0.2, -0.15) is 0 Å². The van der Waals surface area contributed by atoms with Crippen LogP contribution in [0.25, 0.3) is 10.9 Å². The van der Waals surface area contributed by atoms with E-state index in [4.69, 9.17) is 9.47 Å². The number of hydrogen-bond acceptors (Lipinski definition) is 4. The van der Waals surface area contributed by atoms with E-state index in [1.165, 1.54) is 0 Å². The molecule has 20 heavy (non-hydrogen) atoms. The maximum absolute atomic E-state index is 9.26. The number of aromatic nitrogens is 1. The van der Waals surface area contributed by atoms with Gasteiger partial charge >= 0.3 is 0 Å². The summed E-state index contributed by atoms with van der Waals surface area (Å²) in [6.07, 6.45) is 0. The number of aliphatic hydroxyl groups is 1. The number of rotatable bonds is 5. The molecular formula is C16H21NO3. The van der Waals surface area contributed by atoms with E-state index >= 15 is 0 Å². The van der Waals surface area contributed by atoms with Crippen LogP contribution in [0.2, 0.25) is 0 Å². The SMILES string of the molecule is CC(C)(C)OCCOc1cc(CO)nc2ccccc12. The van der Waals surface area contributed by atoms with Crippen LogP contribution < -0.4 is 4.74 Å². The predicted octanol–water partition coefficient (Wildman–Crippen LogP) is 2.92. The zero-order chi connectivity index (χ0) is 14.6. The second kappa shape index (κ2) is 6.20. The molecule has 0 amide bonds. The molecule has 2 rings (SSSR count). The van der Waals surface area contributed by atoms with Crippen molar-refractivity contribution >= 4 is 10.9 Å². The summed E-state index contributed by atoms with van der Waals surface area (Å²) in [5, 5.41) is 10.2. The van der Waals surface area contributed by atoms with Gasteiger partial charge in [-0.15, -0.1) is 0 Å². The van der Waals surface area contributed by atoms with Crippen molar-refractivity contribution in [3.63, 3.8) is 0 Å². The van der Waals surface area contributed by atoms with Crippen LogP contribution in [0.15, 0.2) is 30.3 Å². The molecule has 1 heterocycles. The van der Waals surface area contributed by atoms with Crippen molar-refractivity contribution in [2.75, 3.05) is 13.2 Å². The fourth-order valence-electron chi connectivity index (χ4n) is 1.90. The normalized spacial score (nSPS) is 11.8. The number of aliphatic hydroxyl groups excluding tert-OH is 1. The Bertz CT molecular complexity index is 575. The Balaban J connectivity index is 2.12. The van der Waals surface area contributed by atoms with E-state index in [0.29, 0.717) is 18.9 Å². The van der Waals surface area contributed by atoms with Crippen molar-refractivity contribution in [1.82, 2.24) is 4.98 Å². The van der Waals surface area contributed by atoms with Crippen LogP contribution in [0.1, 0.15) is 26.5 Å². The third-order valence-corrected chi connectivity index (χ3v) is 2.77. The van der Waals surface area contributed by atoms with E-state index in [-0.39, 0.29) is 12.2 Å². The fraction of sp³-hybridized carbons (Fsp3) is 0.438. The molecule has 0 aliphatic rings. The van der Waals surface area contributed by atoms with Crippen LogP contribution >= 0.6 is 0 Å². The molecule has 0 fully saturated rings. The van der Waals surface area contributed by atoms with Crippen LogP contribution in [0.3, 0.4) is 0 Å². The molecule has 0 unspecified atom stereocenters. The molecule has 0 spiro atoms. The Kier molecular flexibility index (Phi) is 4.57. The summed E-state index contributed by atoms with van der Waals surface area (Å²) in [6.45, 7) is 6.93. The second-order valence-electron chi connectivity index (χ2n) is 5.60. The lowest BCUT2D eigenvalue weighted by Gasteiger charge is -2.19. The van der Waals surface area contributed by atoms with Gasteiger partial charge in [-0.25, -0.2) is 0 Å². The third-order valence-electron chi connectivity index (χ3n) is 2.77. The van der Waals surface area contributed by atoms with E-state index in [2.05, 4.69) is 4.98 Å². The first-order chi connectivity index (χ1) is 9.49. The highest BCUT2D eigenvalue weighted by Crippen LogP contribution is 2.25. The van der Waals surface area contributed by atoms with Gasteiger partial charge in [-0.3, -0.25) is 4.98 Å². The molecule has 0 atom stereocenters. The smallest absolute Gasteiger partial charge is 0.130 e. The largest absolute Gasteiger partial charge is 0.490 e. The van der Waals surface area contributed by atoms with E-state index in [1.54, 1.807) is 6.07 Å². The van der Waals surface area contributed by atoms with Gasteiger partial charge in [0.2, 0.25) is 0 Å². The van der Waals surface area contributed by atoms with Crippen molar-refractivity contribution < 1.29 is 14.6 Å². The molecule has 1 N–H and O–H groups in total. The van der Waals surface area contributed by atoms with Crippen molar-refractivity contribution in [1.29, 1.82) is 0 Å². The molecule has 1 aromatic heterocycles. The van der Waals surface area contributed by atoms with Gasteiger partial charge in [0.1, 0.15) is 12.4 Å². The number of benzene rings is 1. The summed E-state index contributed by atoms with van der Waals surface area (Å²) in [6, 6.07) is 9.51. The summed E-state index contributed by atoms with van der Waals surface area (Å²) >= 11 is 0. The lowest BCUT2D eigenvalue weighted by Crippen LogP contribution is -2.22.